The number of rotatable bonds is 5. The van der Waals surface area contributed by atoms with Crippen molar-refractivity contribution in [1.82, 2.24) is 9.62 Å². The van der Waals surface area contributed by atoms with Gasteiger partial charge in [0.2, 0.25) is 15.9 Å². The van der Waals surface area contributed by atoms with Gasteiger partial charge in [-0.05, 0) is 43.0 Å². The predicted molar refractivity (Wildman–Crippen MR) is 133 cm³/mol. The Kier molecular flexibility index (Phi) is 6.72. The first-order valence-electron chi connectivity index (χ1n) is 11.3. The first-order valence-corrected chi connectivity index (χ1v) is 12.8. The van der Waals surface area contributed by atoms with Crippen molar-refractivity contribution in [1.29, 1.82) is 0 Å². The number of piperidine rings is 1. The standard InChI is InChI=1S/C26H29N3O4S/c1-17-8-4-5-9-20(17)26(31)27-24-12-13-25(22-11-7-6-10-21(22)24)34(32,33)28-23-14-15-29(19(3)30)16-18(23)2/h4-13,18,23,28H,14-16H2,1-3H3,(H,27,31)/t18-,23-/m0/s1. The van der Waals surface area contributed by atoms with Crippen LogP contribution in [-0.2, 0) is 14.8 Å². The molecule has 4 rings (SSSR count). The fourth-order valence-electron chi connectivity index (χ4n) is 4.50. The van der Waals surface area contributed by atoms with Crippen LogP contribution in [0.5, 0.6) is 0 Å². The van der Waals surface area contributed by atoms with E-state index < -0.39 is 10.0 Å². The highest BCUT2D eigenvalue weighted by Crippen LogP contribution is 2.31. The summed E-state index contributed by atoms with van der Waals surface area (Å²) in [5.41, 5.74) is 1.97. The van der Waals surface area contributed by atoms with Crippen LogP contribution < -0.4 is 10.0 Å². The predicted octanol–water partition coefficient (Wildman–Crippen LogP) is 3.94. The van der Waals surface area contributed by atoms with Gasteiger partial charge in [0, 0.05) is 48.1 Å². The average Bonchev–Trinajstić information content (AvgIpc) is 2.80. The summed E-state index contributed by atoms with van der Waals surface area (Å²) < 4.78 is 29.6. The zero-order chi connectivity index (χ0) is 24.5. The Morgan fingerprint density at radius 1 is 0.971 bits per heavy atom. The van der Waals surface area contributed by atoms with Crippen LogP contribution in [0.2, 0.25) is 0 Å². The van der Waals surface area contributed by atoms with Gasteiger partial charge in [0.15, 0.2) is 0 Å². The van der Waals surface area contributed by atoms with Crippen LogP contribution in [0.4, 0.5) is 5.69 Å². The van der Waals surface area contributed by atoms with E-state index in [4.69, 9.17) is 0 Å². The minimum absolute atomic E-state index is 0.00230. The number of anilines is 1. The highest BCUT2D eigenvalue weighted by atomic mass is 32.2. The van der Waals surface area contributed by atoms with Crippen LogP contribution in [0.15, 0.2) is 65.6 Å². The lowest BCUT2D eigenvalue weighted by Crippen LogP contribution is -2.51. The Balaban J connectivity index is 1.62. The van der Waals surface area contributed by atoms with Crippen molar-refractivity contribution < 1.29 is 18.0 Å². The lowest BCUT2D eigenvalue weighted by atomic mass is 9.95. The van der Waals surface area contributed by atoms with E-state index in [2.05, 4.69) is 10.0 Å². The van der Waals surface area contributed by atoms with Gasteiger partial charge in [0.1, 0.15) is 0 Å². The molecule has 1 saturated heterocycles. The zero-order valence-corrected chi connectivity index (χ0v) is 20.4. The second-order valence-electron chi connectivity index (χ2n) is 8.88. The Hall–Kier alpha value is -3.23. The third kappa shape index (κ3) is 4.83. The van der Waals surface area contributed by atoms with Crippen LogP contribution in [-0.4, -0.2) is 44.3 Å². The number of likely N-dealkylation sites (tertiary alicyclic amines) is 1. The van der Waals surface area contributed by atoms with E-state index >= 15 is 0 Å². The summed E-state index contributed by atoms with van der Waals surface area (Å²) >= 11 is 0. The molecule has 2 atom stereocenters. The van der Waals surface area contributed by atoms with Gasteiger partial charge in [-0.2, -0.15) is 0 Å². The van der Waals surface area contributed by atoms with E-state index in [-0.39, 0.29) is 28.7 Å². The smallest absolute Gasteiger partial charge is 0.255 e. The normalized spacial score (nSPS) is 18.6. The number of amides is 2. The maximum atomic E-state index is 13.4. The molecule has 2 N–H and O–H groups in total. The molecule has 8 heteroatoms. The van der Waals surface area contributed by atoms with Gasteiger partial charge >= 0.3 is 0 Å². The molecule has 7 nitrogen and oxygen atoms in total. The van der Waals surface area contributed by atoms with Crippen molar-refractivity contribution >= 4 is 38.3 Å². The number of nitrogens with one attached hydrogen (secondary N) is 2. The molecule has 34 heavy (non-hydrogen) atoms. The van der Waals surface area contributed by atoms with Gasteiger partial charge in [-0.25, -0.2) is 13.1 Å². The molecule has 1 aliphatic rings. The fourth-order valence-corrected chi connectivity index (χ4v) is 6.09. The summed E-state index contributed by atoms with van der Waals surface area (Å²) in [6.45, 7) is 6.40. The van der Waals surface area contributed by atoms with E-state index in [0.29, 0.717) is 41.5 Å². The molecule has 0 radical (unpaired) electrons. The first-order chi connectivity index (χ1) is 16.2. The molecule has 178 valence electrons. The van der Waals surface area contributed by atoms with E-state index in [9.17, 15) is 18.0 Å². The Bertz CT molecular complexity index is 1350. The quantitative estimate of drug-likeness (QED) is 0.580. The van der Waals surface area contributed by atoms with Crippen molar-refractivity contribution in [2.75, 3.05) is 18.4 Å². The monoisotopic (exact) mass is 479 g/mol. The van der Waals surface area contributed by atoms with Crippen molar-refractivity contribution in [3.63, 3.8) is 0 Å². The maximum Gasteiger partial charge on any atom is 0.255 e. The number of sulfonamides is 1. The van der Waals surface area contributed by atoms with E-state index in [1.807, 2.05) is 38.1 Å². The lowest BCUT2D eigenvalue weighted by molar-refractivity contribution is -0.130. The second-order valence-corrected chi connectivity index (χ2v) is 10.6. The van der Waals surface area contributed by atoms with E-state index in [1.165, 1.54) is 13.0 Å². The molecule has 0 saturated carbocycles. The minimum Gasteiger partial charge on any atom is -0.343 e. The van der Waals surface area contributed by atoms with Crippen molar-refractivity contribution in [2.24, 2.45) is 5.92 Å². The third-order valence-electron chi connectivity index (χ3n) is 6.47. The topological polar surface area (TPSA) is 95.6 Å². The number of nitrogens with zero attached hydrogens (tertiary/aromatic N) is 1. The number of aryl methyl sites for hydroxylation is 1. The third-order valence-corrected chi connectivity index (χ3v) is 8.02. The second kappa shape index (κ2) is 9.56. The lowest BCUT2D eigenvalue weighted by Gasteiger charge is -2.36. The molecule has 0 aliphatic carbocycles. The van der Waals surface area contributed by atoms with Gasteiger partial charge in [-0.3, -0.25) is 9.59 Å². The summed E-state index contributed by atoms with van der Waals surface area (Å²) in [6.07, 6.45) is 0.558. The first kappa shape index (κ1) is 23.9. The maximum absolute atomic E-state index is 13.4. The van der Waals surface area contributed by atoms with Crippen LogP contribution in [0.3, 0.4) is 0 Å². The van der Waals surface area contributed by atoms with Crippen LogP contribution in [0.25, 0.3) is 10.8 Å². The number of carbonyl (C=O) groups excluding carboxylic acids is 2. The number of carbonyl (C=O) groups is 2. The van der Waals surface area contributed by atoms with Crippen LogP contribution in [0.1, 0.15) is 36.2 Å². The van der Waals surface area contributed by atoms with Crippen LogP contribution in [0, 0.1) is 12.8 Å². The van der Waals surface area contributed by atoms with Gasteiger partial charge in [-0.1, -0.05) is 49.4 Å². The van der Waals surface area contributed by atoms with Crippen molar-refractivity contribution in [3.8, 4) is 0 Å². The highest BCUT2D eigenvalue weighted by molar-refractivity contribution is 7.89. The molecular weight excluding hydrogens is 450 g/mol. The molecule has 2 amide bonds. The van der Waals surface area contributed by atoms with Gasteiger partial charge in [0.05, 0.1) is 4.90 Å². The zero-order valence-electron chi connectivity index (χ0n) is 19.5. The van der Waals surface area contributed by atoms with Crippen molar-refractivity contribution in [2.45, 2.75) is 38.1 Å². The molecule has 1 aliphatic heterocycles. The molecular formula is C26H29N3O4S. The number of fused-ring (bicyclic) bond motifs is 1. The summed E-state index contributed by atoms with van der Waals surface area (Å²) in [6, 6.07) is 17.4. The number of hydrogen-bond donors (Lipinski definition) is 2. The minimum atomic E-state index is -3.83. The number of benzene rings is 3. The molecule has 3 aromatic rings. The SMILES string of the molecule is CC(=O)N1CC[C@H](NS(=O)(=O)c2ccc(NC(=O)c3ccccc3C)c3ccccc23)[C@@H](C)C1. The molecule has 3 aromatic carbocycles. The van der Waals surface area contributed by atoms with Crippen molar-refractivity contribution in [3.05, 3.63) is 71.8 Å². The molecule has 1 fully saturated rings. The number of hydrogen-bond acceptors (Lipinski definition) is 4. The largest absolute Gasteiger partial charge is 0.343 e. The fraction of sp³-hybridized carbons (Fsp3) is 0.308. The molecule has 0 bridgehead atoms. The summed E-state index contributed by atoms with van der Waals surface area (Å²) in [5, 5.41) is 4.11. The molecule has 0 spiro atoms. The summed E-state index contributed by atoms with van der Waals surface area (Å²) in [5.74, 6) is -0.253. The van der Waals surface area contributed by atoms with E-state index in [0.717, 1.165) is 5.56 Å². The van der Waals surface area contributed by atoms with Gasteiger partial charge in [-0.15, -0.1) is 0 Å². The van der Waals surface area contributed by atoms with Crippen LogP contribution >= 0.6 is 0 Å². The van der Waals surface area contributed by atoms with Gasteiger partial charge in [0.25, 0.3) is 5.91 Å². The molecule has 0 aromatic heterocycles. The highest BCUT2D eigenvalue weighted by Gasteiger charge is 2.31. The Morgan fingerprint density at radius 2 is 1.65 bits per heavy atom. The van der Waals surface area contributed by atoms with E-state index in [1.54, 1.807) is 35.2 Å². The van der Waals surface area contributed by atoms with Gasteiger partial charge < -0.3 is 10.2 Å². The summed E-state index contributed by atoms with van der Waals surface area (Å²) in [4.78, 5) is 26.5. The molecule has 0 unspecified atom stereocenters. The Morgan fingerprint density at radius 3 is 2.32 bits per heavy atom. The molecule has 1 heterocycles. The summed E-state index contributed by atoms with van der Waals surface area (Å²) in [7, 11) is -3.83. The average molecular weight is 480 g/mol. The Labute approximate surface area is 200 Å².